The number of fused-ring (bicyclic) bond motifs is 1. The van der Waals surface area contributed by atoms with Crippen molar-refractivity contribution in [2.24, 2.45) is 40.5 Å². The van der Waals surface area contributed by atoms with Crippen LogP contribution in [0, 0.1) is 35.5 Å². The molecule has 9 heteroatoms. The van der Waals surface area contributed by atoms with Crippen LogP contribution in [0.1, 0.15) is 72.1 Å². The first-order valence-electron chi connectivity index (χ1n) is 15.1. The zero-order valence-corrected chi connectivity index (χ0v) is 25.4. The lowest BCUT2D eigenvalue weighted by atomic mass is 9.78. The van der Waals surface area contributed by atoms with E-state index in [1.165, 1.54) is 38.5 Å². The molecule has 0 spiro atoms. The number of cyclic esters (lactones) is 1. The lowest BCUT2D eigenvalue weighted by Gasteiger charge is -2.28. The van der Waals surface area contributed by atoms with Gasteiger partial charge in [-0.1, -0.05) is 45.6 Å². The van der Waals surface area contributed by atoms with Crippen LogP contribution in [0.4, 0.5) is 16.6 Å². The van der Waals surface area contributed by atoms with Gasteiger partial charge in [0, 0.05) is 32.4 Å². The Morgan fingerprint density at radius 3 is 2.85 bits per heavy atom. The summed E-state index contributed by atoms with van der Waals surface area (Å²) in [5, 5.41) is 6.88. The Balaban J connectivity index is 1.18. The maximum absolute atomic E-state index is 11.8. The van der Waals surface area contributed by atoms with E-state index < -0.39 is 0 Å². The van der Waals surface area contributed by atoms with Crippen LogP contribution in [0.15, 0.2) is 27.4 Å². The number of ether oxygens (including phenoxy) is 1. The van der Waals surface area contributed by atoms with E-state index in [-0.39, 0.29) is 6.09 Å². The van der Waals surface area contributed by atoms with Crippen molar-refractivity contribution in [2.45, 2.75) is 72.1 Å². The molecule has 4 aliphatic rings. The summed E-state index contributed by atoms with van der Waals surface area (Å²) in [6.07, 6.45) is 14.0. The van der Waals surface area contributed by atoms with E-state index in [9.17, 15) is 4.79 Å². The number of aliphatic imine (C=N–C) groups is 1. The predicted molar refractivity (Wildman–Crippen MR) is 160 cm³/mol. The molecule has 1 amide bonds. The fourth-order valence-electron chi connectivity index (χ4n) is 6.87. The van der Waals surface area contributed by atoms with Crippen LogP contribution < -0.4 is 10.6 Å². The standard InChI is InChI=1S/C30H45BrN6O2/c1-19(2)21-8-4-5-9-22(11-10-21)27-23-16-26(20(3)33-17-24(23)27)35-29-34-18-25(31)28(36-29)32-12-6-13-37-14-7-15-39-30(37)38/h16,18-19,21-24,27H,4-15,17H2,1-3H3,(H2,32,34,35,36). The highest BCUT2D eigenvalue weighted by Gasteiger charge is 2.53. The molecule has 2 saturated carbocycles. The molecule has 2 aliphatic carbocycles. The zero-order chi connectivity index (χ0) is 27.4. The number of carbonyl (C=O) groups is 1. The number of halogens is 1. The van der Waals surface area contributed by atoms with Gasteiger partial charge in [-0.3, -0.25) is 4.99 Å². The Bertz CT molecular complexity index is 1080. The fraction of sp³-hybridized carbons (Fsp3) is 0.733. The molecular weight excluding hydrogens is 556 g/mol. The summed E-state index contributed by atoms with van der Waals surface area (Å²) < 4.78 is 5.94. The monoisotopic (exact) mass is 600 g/mol. The highest BCUT2D eigenvalue weighted by atomic mass is 79.9. The number of hydrogen-bond donors (Lipinski definition) is 2. The van der Waals surface area contributed by atoms with Gasteiger partial charge in [-0.2, -0.15) is 4.98 Å². The maximum Gasteiger partial charge on any atom is 0.409 e. The van der Waals surface area contributed by atoms with Crippen molar-refractivity contribution in [2.75, 3.05) is 43.4 Å². The van der Waals surface area contributed by atoms with Gasteiger partial charge >= 0.3 is 6.09 Å². The molecule has 1 aromatic rings. The Morgan fingerprint density at radius 1 is 1.18 bits per heavy atom. The molecule has 5 atom stereocenters. The first-order valence-corrected chi connectivity index (χ1v) is 15.9. The third-order valence-electron chi connectivity index (χ3n) is 9.32. The lowest BCUT2D eigenvalue weighted by Crippen LogP contribution is -2.38. The first kappa shape index (κ1) is 28.4. The van der Waals surface area contributed by atoms with Gasteiger partial charge in [0.1, 0.15) is 5.82 Å². The van der Waals surface area contributed by atoms with Crippen molar-refractivity contribution in [3.05, 3.63) is 22.4 Å². The van der Waals surface area contributed by atoms with Crippen LogP contribution in [-0.2, 0) is 4.74 Å². The van der Waals surface area contributed by atoms with E-state index in [2.05, 4.69) is 58.4 Å². The Morgan fingerprint density at radius 2 is 2.03 bits per heavy atom. The SMILES string of the molecule is CC1=NCC2C(C=C1Nc1ncc(Br)c(NCCCN3CCCOC3=O)n1)C2C1CCCCC(C(C)C)CC1. The Kier molecular flexibility index (Phi) is 9.46. The van der Waals surface area contributed by atoms with Crippen LogP contribution in [-0.4, -0.2) is 59.5 Å². The van der Waals surface area contributed by atoms with E-state index in [1.807, 2.05) is 0 Å². The normalized spacial score (nSPS) is 29.3. The van der Waals surface area contributed by atoms with Gasteiger partial charge in [0.2, 0.25) is 5.95 Å². The second kappa shape index (κ2) is 13.0. The summed E-state index contributed by atoms with van der Waals surface area (Å²) in [5.74, 6) is 5.89. The second-order valence-electron chi connectivity index (χ2n) is 12.2. The molecular formula is C30H45BrN6O2. The summed E-state index contributed by atoms with van der Waals surface area (Å²) in [6.45, 7) is 10.5. The van der Waals surface area contributed by atoms with Gasteiger partial charge in [0.05, 0.1) is 22.5 Å². The van der Waals surface area contributed by atoms with E-state index in [0.29, 0.717) is 37.5 Å². The molecule has 214 valence electrons. The minimum atomic E-state index is -0.209. The van der Waals surface area contributed by atoms with Crippen molar-refractivity contribution in [3.8, 4) is 0 Å². The zero-order valence-electron chi connectivity index (χ0n) is 23.8. The second-order valence-corrected chi connectivity index (χ2v) is 13.1. The molecule has 39 heavy (non-hydrogen) atoms. The highest BCUT2D eigenvalue weighted by Crippen LogP contribution is 2.56. The molecule has 3 heterocycles. The van der Waals surface area contributed by atoms with Crippen LogP contribution in [0.2, 0.25) is 0 Å². The van der Waals surface area contributed by atoms with Crippen molar-refractivity contribution >= 4 is 39.5 Å². The fourth-order valence-corrected chi connectivity index (χ4v) is 7.20. The third-order valence-corrected chi connectivity index (χ3v) is 9.90. The summed E-state index contributed by atoms with van der Waals surface area (Å²) in [5.41, 5.74) is 2.08. The smallest absolute Gasteiger partial charge is 0.409 e. The molecule has 1 saturated heterocycles. The van der Waals surface area contributed by atoms with Gasteiger partial charge in [0.25, 0.3) is 0 Å². The third kappa shape index (κ3) is 7.14. The number of amides is 1. The Labute approximate surface area is 242 Å². The molecule has 0 aromatic carbocycles. The molecule has 0 bridgehead atoms. The maximum atomic E-state index is 11.8. The van der Waals surface area contributed by atoms with E-state index in [4.69, 9.17) is 14.7 Å². The number of nitrogens with zero attached hydrogens (tertiary/aromatic N) is 4. The number of nitrogens with one attached hydrogen (secondary N) is 2. The van der Waals surface area contributed by atoms with Crippen molar-refractivity contribution in [3.63, 3.8) is 0 Å². The van der Waals surface area contributed by atoms with Crippen LogP contribution >= 0.6 is 15.9 Å². The molecule has 8 nitrogen and oxygen atoms in total. The van der Waals surface area contributed by atoms with Crippen LogP contribution in [0.25, 0.3) is 0 Å². The number of hydrogen-bond acceptors (Lipinski definition) is 7. The quantitative estimate of drug-likeness (QED) is 0.304. The van der Waals surface area contributed by atoms with E-state index in [1.54, 1.807) is 11.1 Å². The number of carbonyl (C=O) groups excluding carboxylic acids is 1. The topological polar surface area (TPSA) is 91.7 Å². The minimum absolute atomic E-state index is 0.209. The summed E-state index contributed by atoms with van der Waals surface area (Å²) in [6, 6.07) is 0. The molecule has 2 N–H and O–H groups in total. The highest BCUT2D eigenvalue weighted by molar-refractivity contribution is 9.10. The van der Waals surface area contributed by atoms with E-state index >= 15 is 0 Å². The van der Waals surface area contributed by atoms with Gasteiger partial charge in [-0.25, -0.2) is 9.78 Å². The van der Waals surface area contributed by atoms with Crippen molar-refractivity contribution in [1.82, 2.24) is 14.9 Å². The molecule has 0 radical (unpaired) electrons. The predicted octanol–water partition coefficient (Wildman–Crippen LogP) is 6.76. The van der Waals surface area contributed by atoms with Crippen molar-refractivity contribution in [1.29, 1.82) is 0 Å². The van der Waals surface area contributed by atoms with Gasteiger partial charge < -0.3 is 20.3 Å². The van der Waals surface area contributed by atoms with Gasteiger partial charge in [-0.05, 0) is 84.0 Å². The average molecular weight is 602 g/mol. The summed E-state index contributed by atoms with van der Waals surface area (Å²) in [7, 11) is 0. The number of rotatable bonds is 9. The summed E-state index contributed by atoms with van der Waals surface area (Å²) >= 11 is 3.57. The van der Waals surface area contributed by atoms with Crippen LogP contribution in [0.5, 0.6) is 0 Å². The number of aromatic nitrogens is 2. The molecule has 2 aliphatic heterocycles. The number of anilines is 2. The lowest BCUT2D eigenvalue weighted by molar-refractivity contribution is 0.0729. The number of allylic oxidation sites excluding steroid dienone is 2. The molecule has 3 fully saturated rings. The average Bonchev–Trinajstić information content (AvgIpc) is 3.61. The first-order chi connectivity index (χ1) is 18.9. The molecule has 5 rings (SSSR count). The van der Waals surface area contributed by atoms with Crippen molar-refractivity contribution < 1.29 is 9.53 Å². The minimum Gasteiger partial charge on any atom is -0.449 e. The largest absolute Gasteiger partial charge is 0.449 e. The molecule has 1 aromatic heterocycles. The molecule has 5 unspecified atom stereocenters. The van der Waals surface area contributed by atoms with Gasteiger partial charge in [0.15, 0.2) is 0 Å². The van der Waals surface area contributed by atoms with Crippen LogP contribution in [0.3, 0.4) is 0 Å². The summed E-state index contributed by atoms with van der Waals surface area (Å²) in [4.78, 5) is 27.8. The van der Waals surface area contributed by atoms with E-state index in [0.717, 1.165) is 71.3 Å². The van der Waals surface area contributed by atoms with Gasteiger partial charge in [-0.15, -0.1) is 0 Å². The Hall–Kier alpha value is -2.16.